The third-order valence-electron chi connectivity index (χ3n) is 4.38. The summed E-state index contributed by atoms with van der Waals surface area (Å²) >= 11 is 8.12. The van der Waals surface area contributed by atoms with Gasteiger partial charge < -0.3 is 5.11 Å². The number of hydrogen-bond donors (Lipinski definition) is 3. The number of nitrogens with zero attached hydrogens (tertiary/aromatic N) is 4. The number of aliphatic imine (C=N–C) groups is 1. The molecule has 2 aromatic rings. The van der Waals surface area contributed by atoms with Crippen molar-refractivity contribution in [3.05, 3.63) is 58.3 Å². The molecule has 1 aromatic heterocycles. The summed E-state index contributed by atoms with van der Waals surface area (Å²) < 4.78 is 0.912. The van der Waals surface area contributed by atoms with E-state index in [9.17, 15) is 4.79 Å². The van der Waals surface area contributed by atoms with Crippen LogP contribution in [0.2, 0.25) is 0 Å². The van der Waals surface area contributed by atoms with Gasteiger partial charge in [0.05, 0.1) is 17.1 Å². The quantitative estimate of drug-likeness (QED) is 0.629. The minimum absolute atomic E-state index is 0.00615. The number of carboxylic acids is 1. The first-order valence-corrected chi connectivity index (χ1v) is 9.67. The smallest absolute Gasteiger partial charge is 0.303 e. The highest BCUT2D eigenvalue weighted by Gasteiger charge is 2.37. The standard InChI is InChI=1S/C18H16BrN5O2S/c19-10-4-6-14-11(9-10)16(12-3-1-2-8-20-12)21-13(5-7-15(25)26)17-22-23-18(27)24(14)17/h1-4,6,8-9,13,18,23,27H,5,7H2,(H,25,26)/t13-,18+/m0/s1. The molecule has 0 amide bonds. The van der Waals surface area contributed by atoms with Gasteiger partial charge in [0.15, 0.2) is 11.3 Å². The van der Waals surface area contributed by atoms with Gasteiger partial charge in [0.2, 0.25) is 0 Å². The number of aromatic nitrogens is 1. The molecular weight excluding hydrogens is 430 g/mol. The second-order valence-electron chi connectivity index (χ2n) is 6.15. The van der Waals surface area contributed by atoms with Crippen LogP contribution >= 0.6 is 28.6 Å². The van der Waals surface area contributed by atoms with Crippen LogP contribution in [0.1, 0.15) is 24.1 Å². The lowest BCUT2D eigenvalue weighted by Crippen LogP contribution is -2.40. The van der Waals surface area contributed by atoms with Crippen molar-refractivity contribution in [1.82, 2.24) is 10.4 Å². The molecule has 0 fully saturated rings. The van der Waals surface area contributed by atoms with Gasteiger partial charge in [-0.2, -0.15) is 5.10 Å². The Morgan fingerprint density at radius 2 is 2.19 bits per heavy atom. The third-order valence-corrected chi connectivity index (χ3v) is 5.22. The number of carbonyl (C=O) groups is 1. The van der Waals surface area contributed by atoms with Crippen molar-refractivity contribution in [3.8, 4) is 0 Å². The SMILES string of the molecule is O=C(O)CC[C@@H]1N=C(c2ccccn2)c2cc(Br)ccc2N2C1=NN[C@H]2S. The zero-order valence-corrected chi connectivity index (χ0v) is 16.6. The number of anilines is 1. The van der Waals surface area contributed by atoms with Crippen LogP contribution < -0.4 is 10.3 Å². The maximum atomic E-state index is 11.1. The maximum absolute atomic E-state index is 11.1. The molecule has 138 valence electrons. The highest BCUT2D eigenvalue weighted by Crippen LogP contribution is 2.34. The first kappa shape index (κ1) is 18.0. The van der Waals surface area contributed by atoms with Crippen LogP contribution in [0.5, 0.6) is 0 Å². The second kappa shape index (κ2) is 7.32. The molecular formula is C18H16BrN5O2S. The molecule has 0 saturated heterocycles. The Hall–Kier alpha value is -2.39. The highest BCUT2D eigenvalue weighted by molar-refractivity contribution is 9.10. The van der Waals surface area contributed by atoms with Crippen LogP contribution in [0.3, 0.4) is 0 Å². The van der Waals surface area contributed by atoms with Gasteiger partial charge in [0.25, 0.3) is 0 Å². The van der Waals surface area contributed by atoms with Gasteiger partial charge in [-0.1, -0.05) is 22.0 Å². The number of carboxylic acid groups (broad SMARTS) is 1. The van der Waals surface area contributed by atoms with Crippen LogP contribution in [0, 0.1) is 0 Å². The van der Waals surface area contributed by atoms with E-state index < -0.39 is 12.0 Å². The maximum Gasteiger partial charge on any atom is 0.303 e. The molecule has 1 aromatic carbocycles. The van der Waals surface area contributed by atoms with Crippen molar-refractivity contribution >= 4 is 51.8 Å². The number of thiol groups is 1. The van der Waals surface area contributed by atoms with E-state index in [1.54, 1.807) is 6.20 Å². The molecule has 2 atom stereocenters. The van der Waals surface area contributed by atoms with Gasteiger partial charge in [0.1, 0.15) is 6.04 Å². The number of aliphatic carboxylic acids is 1. The number of rotatable bonds is 4. The number of fused-ring (bicyclic) bond motifs is 3. The lowest BCUT2D eigenvalue weighted by atomic mass is 10.0. The van der Waals surface area contributed by atoms with Crippen molar-refractivity contribution < 1.29 is 9.90 Å². The lowest BCUT2D eigenvalue weighted by Gasteiger charge is -2.26. The summed E-state index contributed by atoms with van der Waals surface area (Å²) in [6.07, 6.45) is 2.04. The van der Waals surface area contributed by atoms with Crippen LogP contribution in [0.15, 0.2) is 57.2 Å². The molecule has 4 rings (SSSR count). The van der Waals surface area contributed by atoms with E-state index in [0.717, 1.165) is 21.4 Å². The molecule has 0 aliphatic carbocycles. The summed E-state index contributed by atoms with van der Waals surface area (Å²) in [7, 11) is 0. The van der Waals surface area contributed by atoms with E-state index in [1.807, 2.05) is 41.3 Å². The Morgan fingerprint density at radius 3 is 2.93 bits per heavy atom. The Labute approximate surface area is 169 Å². The summed E-state index contributed by atoms with van der Waals surface area (Å²) in [6.45, 7) is 0. The van der Waals surface area contributed by atoms with Crippen LogP contribution in [-0.4, -0.2) is 39.1 Å². The van der Waals surface area contributed by atoms with E-state index in [1.165, 1.54) is 0 Å². The molecule has 2 N–H and O–H groups in total. The number of nitrogens with one attached hydrogen (secondary N) is 1. The van der Waals surface area contributed by atoms with Gasteiger partial charge in [-0.3, -0.25) is 25.1 Å². The Kier molecular flexibility index (Phi) is 4.88. The number of pyridine rings is 1. The number of hydrazone groups is 1. The van der Waals surface area contributed by atoms with Crippen LogP contribution in [-0.2, 0) is 4.79 Å². The molecule has 27 heavy (non-hydrogen) atoms. The van der Waals surface area contributed by atoms with Gasteiger partial charge in [-0.15, -0.1) is 12.6 Å². The zero-order valence-electron chi connectivity index (χ0n) is 14.1. The van der Waals surface area contributed by atoms with Crippen molar-refractivity contribution in [3.63, 3.8) is 0 Å². The van der Waals surface area contributed by atoms with Gasteiger partial charge in [-0.25, -0.2) is 0 Å². The van der Waals surface area contributed by atoms with Crippen LogP contribution in [0.4, 0.5) is 5.69 Å². The predicted octanol–water partition coefficient (Wildman–Crippen LogP) is 2.87. The summed E-state index contributed by atoms with van der Waals surface area (Å²) in [5, 5.41) is 13.5. The molecule has 7 nitrogen and oxygen atoms in total. The first-order valence-electron chi connectivity index (χ1n) is 8.36. The minimum atomic E-state index is -0.866. The summed E-state index contributed by atoms with van der Waals surface area (Å²) in [6, 6.07) is 11.1. The fourth-order valence-electron chi connectivity index (χ4n) is 3.20. The van der Waals surface area contributed by atoms with Crippen molar-refractivity contribution in [2.24, 2.45) is 10.1 Å². The second-order valence-corrected chi connectivity index (χ2v) is 7.55. The highest BCUT2D eigenvalue weighted by atomic mass is 79.9. The van der Waals surface area contributed by atoms with E-state index in [0.29, 0.717) is 18.0 Å². The first-order chi connectivity index (χ1) is 13.0. The predicted molar refractivity (Wildman–Crippen MR) is 110 cm³/mol. The molecule has 0 bridgehead atoms. The Morgan fingerprint density at radius 1 is 1.33 bits per heavy atom. The third kappa shape index (κ3) is 3.44. The van der Waals surface area contributed by atoms with Crippen molar-refractivity contribution in [2.45, 2.75) is 24.4 Å². The van der Waals surface area contributed by atoms with Gasteiger partial charge in [0, 0.05) is 22.7 Å². The zero-order chi connectivity index (χ0) is 19.0. The summed E-state index contributed by atoms with van der Waals surface area (Å²) in [5.41, 5.74) is 5.81. The molecule has 0 unspecified atom stereocenters. The molecule has 2 aliphatic heterocycles. The molecule has 9 heteroatoms. The number of hydrogen-bond acceptors (Lipinski definition) is 7. The van der Waals surface area contributed by atoms with E-state index >= 15 is 0 Å². The average molecular weight is 446 g/mol. The largest absolute Gasteiger partial charge is 0.481 e. The fraction of sp³-hybridized carbons (Fsp3) is 0.222. The number of halogens is 1. The molecule has 3 heterocycles. The van der Waals surface area contributed by atoms with Gasteiger partial charge >= 0.3 is 5.97 Å². The Bertz CT molecular complexity index is 950. The van der Waals surface area contributed by atoms with E-state index in [4.69, 9.17) is 10.1 Å². The average Bonchev–Trinajstić information content (AvgIpc) is 2.97. The summed E-state index contributed by atoms with van der Waals surface area (Å²) in [4.78, 5) is 22.5. The van der Waals surface area contributed by atoms with Crippen molar-refractivity contribution in [2.75, 3.05) is 4.90 Å². The van der Waals surface area contributed by atoms with Crippen molar-refractivity contribution in [1.29, 1.82) is 0 Å². The van der Waals surface area contributed by atoms with Gasteiger partial charge in [-0.05, 0) is 36.8 Å². The van der Waals surface area contributed by atoms with E-state index in [2.05, 4.69) is 44.1 Å². The molecule has 2 aliphatic rings. The minimum Gasteiger partial charge on any atom is -0.481 e. The molecule has 0 spiro atoms. The van der Waals surface area contributed by atoms with Crippen LogP contribution in [0.25, 0.3) is 0 Å². The monoisotopic (exact) mass is 445 g/mol. The summed E-state index contributed by atoms with van der Waals surface area (Å²) in [5.74, 6) is -0.208. The number of amidine groups is 1. The fourth-order valence-corrected chi connectivity index (χ4v) is 3.86. The Balaban J connectivity index is 1.91. The number of benzene rings is 1. The lowest BCUT2D eigenvalue weighted by molar-refractivity contribution is -0.137. The topological polar surface area (TPSA) is 90.2 Å². The molecule has 0 saturated carbocycles. The van der Waals surface area contributed by atoms with E-state index in [-0.39, 0.29) is 11.9 Å². The normalized spacial score (nSPS) is 20.7. The molecule has 0 radical (unpaired) electrons.